The molecule has 6 heteroatoms. The molecule has 2 heterocycles. The Morgan fingerprint density at radius 2 is 2.21 bits per heavy atom. The van der Waals surface area contributed by atoms with Gasteiger partial charge in [-0.25, -0.2) is 4.79 Å². The predicted octanol–water partition coefficient (Wildman–Crippen LogP) is 0.480. The third-order valence-corrected chi connectivity index (χ3v) is 3.25. The molecule has 6 nitrogen and oxygen atoms in total. The number of hydrogen-bond donors (Lipinski definition) is 1. The minimum Gasteiger partial charge on any atom is -0.445 e. The quantitative estimate of drug-likeness (QED) is 0.804. The van der Waals surface area contributed by atoms with Crippen LogP contribution in [0.1, 0.15) is 5.56 Å². The van der Waals surface area contributed by atoms with Crippen LogP contribution in [0.15, 0.2) is 30.3 Å². The molecule has 0 saturated carbocycles. The van der Waals surface area contributed by atoms with Gasteiger partial charge in [-0.3, -0.25) is 4.79 Å². The maximum Gasteiger partial charge on any atom is 0.408 e. The fraction of sp³-hybridized carbons (Fsp3) is 0.385. The van der Waals surface area contributed by atoms with Crippen molar-refractivity contribution in [3.8, 4) is 0 Å². The fourth-order valence-electron chi connectivity index (χ4n) is 2.24. The molecule has 100 valence electrons. The second kappa shape index (κ2) is 4.89. The number of nitrogens with one attached hydrogen (secondary N) is 1. The van der Waals surface area contributed by atoms with E-state index in [4.69, 9.17) is 9.47 Å². The highest BCUT2D eigenvalue weighted by atomic mass is 16.6. The summed E-state index contributed by atoms with van der Waals surface area (Å²) in [5, 5.41) is 2.53. The average Bonchev–Trinajstić information content (AvgIpc) is 2.88. The van der Waals surface area contributed by atoms with Gasteiger partial charge >= 0.3 is 6.09 Å². The van der Waals surface area contributed by atoms with Gasteiger partial charge < -0.3 is 19.7 Å². The normalized spacial score (nSPS) is 24.6. The van der Waals surface area contributed by atoms with Crippen LogP contribution in [0.25, 0.3) is 0 Å². The Bertz CT molecular complexity index is 491. The third kappa shape index (κ3) is 2.26. The number of alkyl carbamates (subject to hydrolysis) is 1. The summed E-state index contributed by atoms with van der Waals surface area (Å²) in [6.45, 7) is 1.30. The Morgan fingerprint density at radius 3 is 3.00 bits per heavy atom. The molecule has 1 aromatic rings. The number of hydrogen-bond acceptors (Lipinski definition) is 4. The summed E-state index contributed by atoms with van der Waals surface area (Å²) in [7, 11) is 0. The van der Waals surface area contributed by atoms with E-state index in [0.717, 1.165) is 5.56 Å². The summed E-state index contributed by atoms with van der Waals surface area (Å²) in [5.41, 5.74) is 0.899. The van der Waals surface area contributed by atoms with Crippen molar-refractivity contribution in [1.82, 2.24) is 10.2 Å². The van der Waals surface area contributed by atoms with Crippen molar-refractivity contribution in [2.24, 2.45) is 0 Å². The number of ether oxygens (including phenoxy) is 2. The lowest BCUT2D eigenvalue weighted by molar-refractivity contribution is -0.162. The van der Waals surface area contributed by atoms with Gasteiger partial charge in [-0.05, 0) is 5.56 Å². The number of rotatable bonds is 3. The maximum absolute atomic E-state index is 11.6. The van der Waals surface area contributed by atoms with Gasteiger partial charge in [0, 0.05) is 6.54 Å². The van der Waals surface area contributed by atoms with Gasteiger partial charge in [0.25, 0.3) is 5.91 Å². The molecule has 2 atom stereocenters. The summed E-state index contributed by atoms with van der Waals surface area (Å²) in [6, 6.07) is 8.76. The highest BCUT2D eigenvalue weighted by Crippen LogP contribution is 2.25. The van der Waals surface area contributed by atoms with E-state index in [1.165, 1.54) is 0 Å². The Labute approximate surface area is 110 Å². The van der Waals surface area contributed by atoms with Gasteiger partial charge in [0.1, 0.15) is 6.61 Å². The van der Waals surface area contributed by atoms with Crippen molar-refractivity contribution in [2.75, 3.05) is 13.2 Å². The highest BCUT2D eigenvalue weighted by molar-refractivity contribution is 5.92. The van der Waals surface area contributed by atoms with Gasteiger partial charge in [0.15, 0.2) is 12.3 Å². The second-order valence-electron chi connectivity index (χ2n) is 4.48. The lowest BCUT2D eigenvalue weighted by Gasteiger charge is -2.40. The highest BCUT2D eigenvalue weighted by Gasteiger charge is 2.52. The molecule has 0 radical (unpaired) electrons. The van der Waals surface area contributed by atoms with E-state index in [0.29, 0.717) is 13.2 Å². The number of fused-ring (bicyclic) bond motifs is 1. The summed E-state index contributed by atoms with van der Waals surface area (Å²) in [5.74, 6) is -0.112. The molecule has 2 aliphatic rings. The van der Waals surface area contributed by atoms with Gasteiger partial charge in [0.2, 0.25) is 0 Å². The lowest BCUT2D eigenvalue weighted by Crippen LogP contribution is -2.68. The summed E-state index contributed by atoms with van der Waals surface area (Å²) in [6.07, 6.45) is -0.922. The predicted molar refractivity (Wildman–Crippen MR) is 65.0 cm³/mol. The number of amides is 2. The minimum absolute atomic E-state index is 0.112. The molecule has 19 heavy (non-hydrogen) atoms. The zero-order chi connectivity index (χ0) is 13.2. The molecule has 0 spiro atoms. The van der Waals surface area contributed by atoms with E-state index in [2.05, 4.69) is 5.32 Å². The van der Waals surface area contributed by atoms with Gasteiger partial charge in [0.05, 0.1) is 6.61 Å². The van der Waals surface area contributed by atoms with Gasteiger partial charge in [-0.15, -0.1) is 0 Å². The Kier molecular flexibility index (Phi) is 3.08. The molecule has 2 saturated heterocycles. The standard InChI is InChI=1S/C13H14N2O4/c16-11-10(12-15(11)6-7-18-12)14-13(17)19-8-9-4-2-1-3-5-9/h1-5,10,12H,6-8H2,(H,14,17)/t10-,12-/m1/s1. The van der Waals surface area contributed by atoms with E-state index in [1.807, 2.05) is 30.3 Å². The smallest absolute Gasteiger partial charge is 0.408 e. The number of benzene rings is 1. The molecule has 1 N–H and O–H groups in total. The molecule has 0 aromatic heterocycles. The Hall–Kier alpha value is -2.08. The monoisotopic (exact) mass is 262 g/mol. The van der Waals surface area contributed by atoms with Gasteiger partial charge in [-0.2, -0.15) is 0 Å². The number of nitrogens with zero attached hydrogens (tertiary/aromatic N) is 1. The molecule has 0 bridgehead atoms. The van der Waals surface area contributed by atoms with Crippen molar-refractivity contribution in [1.29, 1.82) is 0 Å². The van der Waals surface area contributed by atoms with Crippen molar-refractivity contribution in [3.05, 3.63) is 35.9 Å². The fourth-order valence-corrected chi connectivity index (χ4v) is 2.24. The van der Waals surface area contributed by atoms with E-state index in [1.54, 1.807) is 4.90 Å². The van der Waals surface area contributed by atoms with E-state index < -0.39 is 12.1 Å². The van der Waals surface area contributed by atoms with Crippen LogP contribution < -0.4 is 5.32 Å². The average molecular weight is 262 g/mol. The SMILES string of the molecule is O=C(N[C@@H]1C(=O)N2CCO[C@H]12)OCc1ccccc1. The van der Waals surface area contributed by atoms with E-state index >= 15 is 0 Å². The maximum atomic E-state index is 11.6. The van der Waals surface area contributed by atoms with Crippen LogP contribution in [0.4, 0.5) is 4.79 Å². The van der Waals surface area contributed by atoms with E-state index in [9.17, 15) is 9.59 Å². The largest absolute Gasteiger partial charge is 0.445 e. The number of carbonyl (C=O) groups excluding carboxylic acids is 2. The first-order valence-corrected chi connectivity index (χ1v) is 6.15. The topological polar surface area (TPSA) is 67.9 Å². The molecular formula is C13H14N2O4. The number of carbonyl (C=O) groups is 2. The molecule has 2 fully saturated rings. The Morgan fingerprint density at radius 1 is 1.42 bits per heavy atom. The minimum atomic E-state index is -0.606. The Balaban J connectivity index is 1.48. The van der Waals surface area contributed by atoms with Crippen molar-refractivity contribution < 1.29 is 19.1 Å². The van der Waals surface area contributed by atoms with Crippen LogP contribution in [-0.2, 0) is 20.9 Å². The van der Waals surface area contributed by atoms with Crippen LogP contribution in [-0.4, -0.2) is 42.3 Å². The zero-order valence-electron chi connectivity index (χ0n) is 10.2. The first kappa shape index (κ1) is 12.0. The van der Waals surface area contributed by atoms with Crippen molar-refractivity contribution in [2.45, 2.75) is 18.9 Å². The van der Waals surface area contributed by atoms with E-state index in [-0.39, 0.29) is 18.7 Å². The zero-order valence-corrected chi connectivity index (χ0v) is 10.2. The summed E-state index contributed by atoms with van der Waals surface area (Å²) < 4.78 is 10.4. The summed E-state index contributed by atoms with van der Waals surface area (Å²) >= 11 is 0. The lowest BCUT2D eigenvalue weighted by atomic mass is 10.1. The molecule has 2 aliphatic heterocycles. The van der Waals surface area contributed by atoms with Crippen molar-refractivity contribution in [3.63, 3.8) is 0 Å². The molecule has 0 aliphatic carbocycles. The summed E-state index contributed by atoms with van der Waals surface area (Å²) in [4.78, 5) is 24.8. The molecule has 0 unspecified atom stereocenters. The van der Waals surface area contributed by atoms with Crippen molar-refractivity contribution >= 4 is 12.0 Å². The second-order valence-corrected chi connectivity index (χ2v) is 4.48. The van der Waals surface area contributed by atoms with Crippen LogP contribution >= 0.6 is 0 Å². The van der Waals surface area contributed by atoms with Crippen LogP contribution in [0.5, 0.6) is 0 Å². The van der Waals surface area contributed by atoms with Crippen LogP contribution in [0.2, 0.25) is 0 Å². The number of β-lactam (4-membered cyclic amide) rings is 1. The molecular weight excluding hydrogens is 248 g/mol. The van der Waals surface area contributed by atoms with Crippen LogP contribution in [0.3, 0.4) is 0 Å². The van der Waals surface area contributed by atoms with Gasteiger partial charge in [-0.1, -0.05) is 30.3 Å². The third-order valence-electron chi connectivity index (χ3n) is 3.25. The molecule has 3 rings (SSSR count). The first-order chi connectivity index (χ1) is 9.25. The molecule has 2 amide bonds. The van der Waals surface area contributed by atoms with Crippen LogP contribution in [0, 0.1) is 0 Å². The molecule has 1 aromatic carbocycles. The first-order valence-electron chi connectivity index (χ1n) is 6.15.